The smallest absolute Gasteiger partial charge is 0.255 e. The van der Waals surface area contributed by atoms with Crippen molar-refractivity contribution in [1.29, 1.82) is 0 Å². The van der Waals surface area contributed by atoms with Gasteiger partial charge in [-0.05, 0) is 72.9 Å². The molecule has 7 heteroatoms. The summed E-state index contributed by atoms with van der Waals surface area (Å²) in [6.07, 6.45) is 11.7. The van der Waals surface area contributed by atoms with Crippen molar-refractivity contribution in [3.63, 3.8) is 0 Å². The van der Waals surface area contributed by atoms with Crippen LogP contribution in [0.15, 0.2) is 57.5 Å². The molecule has 1 unspecified atom stereocenters. The molecule has 0 saturated carbocycles. The Morgan fingerprint density at radius 3 is 2.93 bits per heavy atom. The number of thioether (sulfide) groups is 1. The summed E-state index contributed by atoms with van der Waals surface area (Å²) in [4.78, 5) is 16.2. The van der Waals surface area contributed by atoms with E-state index in [0.717, 1.165) is 48.4 Å². The summed E-state index contributed by atoms with van der Waals surface area (Å²) < 4.78 is 10.5. The Morgan fingerprint density at radius 2 is 2.25 bits per heavy atom. The molecule has 0 radical (unpaired) electrons. The second kappa shape index (κ2) is 9.47. The van der Waals surface area contributed by atoms with Crippen molar-refractivity contribution in [2.75, 3.05) is 13.6 Å². The first-order valence-corrected chi connectivity index (χ1v) is 11.2. The Morgan fingerprint density at radius 1 is 1.43 bits per heavy atom. The summed E-state index contributed by atoms with van der Waals surface area (Å²) in [5.41, 5.74) is 8.04. The Bertz CT molecular complexity index is 838. The zero-order chi connectivity index (χ0) is 20.1. The SMILES string of the molecule is CCCCC1=C(C(N)=O)SC(OC2=CC=C(C)N(C)CC2)=CC1c1ccns1. The molecule has 2 aliphatic heterocycles. The molecule has 1 aromatic heterocycles. The number of unbranched alkanes of at least 4 members (excludes halogenated alkanes) is 1. The molecule has 150 valence electrons. The van der Waals surface area contributed by atoms with E-state index in [9.17, 15) is 4.79 Å². The molecule has 0 aromatic carbocycles. The van der Waals surface area contributed by atoms with Crippen molar-refractivity contribution < 1.29 is 9.53 Å². The fourth-order valence-electron chi connectivity index (χ4n) is 3.21. The molecule has 3 heterocycles. The molecule has 1 aromatic rings. The Balaban J connectivity index is 1.90. The van der Waals surface area contributed by atoms with E-state index < -0.39 is 0 Å². The number of allylic oxidation sites excluding steroid dienone is 5. The van der Waals surface area contributed by atoms with Gasteiger partial charge in [0, 0.05) is 42.7 Å². The number of ether oxygens (including phenoxy) is 1. The van der Waals surface area contributed by atoms with Gasteiger partial charge >= 0.3 is 0 Å². The minimum Gasteiger partial charge on any atom is -0.455 e. The summed E-state index contributed by atoms with van der Waals surface area (Å²) >= 11 is 2.81. The zero-order valence-electron chi connectivity index (χ0n) is 16.6. The first-order chi connectivity index (χ1) is 13.5. The van der Waals surface area contributed by atoms with Crippen LogP contribution in [0.2, 0.25) is 0 Å². The maximum atomic E-state index is 12.2. The van der Waals surface area contributed by atoms with Gasteiger partial charge in [-0.15, -0.1) is 0 Å². The van der Waals surface area contributed by atoms with Crippen molar-refractivity contribution in [3.05, 3.63) is 62.4 Å². The number of nitrogens with two attached hydrogens (primary N) is 1. The first-order valence-electron chi connectivity index (χ1n) is 9.59. The number of hydrogen-bond acceptors (Lipinski definition) is 6. The Hall–Kier alpha value is -1.99. The molecule has 0 saturated heterocycles. The molecular formula is C21H27N3O2S2. The normalized spacial score (nSPS) is 20.3. The van der Waals surface area contributed by atoms with Gasteiger partial charge in [0.2, 0.25) is 0 Å². The van der Waals surface area contributed by atoms with Crippen LogP contribution >= 0.6 is 23.3 Å². The molecule has 1 amide bonds. The van der Waals surface area contributed by atoms with E-state index >= 15 is 0 Å². The molecular weight excluding hydrogens is 390 g/mol. The fraction of sp³-hybridized carbons (Fsp3) is 0.429. The Kier molecular flexibility index (Phi) is 7.02. The van der Waals surface area contributed by atoms with Crippen LogP contribution in [0.5, 0.6) is 0 Å². The number of amides is 1. The van der Waals surface area contributed by atoms with Gasteiger partial charge in [-0.2, -0.15) is 0 Å². The van der Waals surface area contributed by atoms with Crippen molar-refractivity contribution in [1.82, 2.24) is 9.27 Å². The van der Waals surface area contributed by atoms with Crippen LogP contribution in [0.25, 0.3) is 0 Å². The average molecular weight is 418 g/mol. The molecule has 2 aliphatic rings. The maximum absolute atomic E-state index is 12.2. The minimum atomic E-state index is -0.384. The summed E-state index contributed by atoms with van der Waals surface area (Å²) in [7, 11) is 2.07. The average Bonchev–Trinajstić information content (AvgIpc) is 3.17. The molecule has 0 spiro atoms. The highest BCUT2D eigenvalue weighted by Gasteiger charge is 2.29. The predicted octanol–water partition coefficient (Wildman–Crippen LogP) is 4.88. The molecule has 5 nitrogen and oxygen atoms in total. The van der Waals surface area contributed by atoms with Crippen LogP contribution in [0, 0.1) is 0 Å². The zero-order valence-corrected chi connectivity index (χ0v) is 18.2. The predicted molar refractivity (Wildman–Crippen MR) is 116 cm³/mol. The van der Waals surface area contributed by atoms with Crippen LogP contribution in [-0.2, 0) is 9.53 Å². The van der Waals surface area contributed by atoms with Gasteiger partial charge in [-0.25, -0.2) is 4.37 Å². The lowest BCUT2D eigenvalue weighted by Gasteiger charge is -2.26. The van der Waals surface area contributed by atoms with E-state index in [1.807, 2.05) is 12.1 Å². The van der Waals surface area contributed by atoms with Crippen LogP contribution < -0.4 is 5.73 Å². The summed E-state index contributed by atoms with van der Waals surface area (Å²) in [6.45, 7) is 5.13. The topological polar surface area (TPSA) is 68.5 Å². The van der Waals surface area contributed by atoms with E-state index in [1.54, 1.807) is 6.20 Å². The number of rotatable bonds is 7. The van der Waals surface area contributed by atoms with E-state index in [0.29, 0.717) is 10.00 Å². The second-order valence-electron chi connectivity index (χ2n) is 7.02. The van der Waals surface area contributed by atoms with Gasteiger partial charge in [-0.1, -0.05) is 13.3 Å². The second-order valence-corrected chi connectivity index (χ2v) is 8.90. The largest absolute Gasteiger partial charge is 0.455 e. The van der Waals surface area contributed by atoms with Crippen LogP contribution in [0.3, 0.4) is 0 Å². The third kappa shape index (κ3) is 4.89. The third-order valence-electron chi connectivity index (χ3n) is 5.00. The summed E-state index contributed by atoms with van der Waals surface area (Å²) in [5, 5.41) is 0.717. The molecule has 28 heavy (non-hydrogen) atoms. The van der Waals surface area contributed by atoms with E-state index in [2.05, 4.69) is 42.3 Å². The lowest BCUT2D eigenvalue weighted by Crippen LogP contribution is -2.19. The molecule has 2 N–H and O–H groups in total. The first kappa shape index (κ1) is 20.7. The van der Waals surface area contributed by atoms with E-state index in [1.165, 1.54) is 29.0 Å². The molecule has 0 bridgehead atoms. The van der Waals surface area contributed by atoms with Gasteiger partial charge < -0.3 is 15.4 Å². The number of hydrogen-bond donors (Lipinski definition) is 1. The van der Waals surface area contributed by atoms with Gasteiger partial charge in [-0.3, -0.25) is 4.79 Å². The highest BCUT2D eigenvalue weighted by atomic mass is 32.2. The van der Waals surface area contributed by atoms with Crippen molar-refractivity contribution in [2.24, 2.45) is 5.73 Å². The molecule has 1 atom stereocenters. The van der Waals surface area contributed by atoms with Crippen LogP contribution in [-0.4, -0.2) is 28.8 Å². The maximum Gasteiger partial charge on any atom is 0.255 e. The number of nitrogens with zero attached hydrogens (tertiary/aromatic N) is 2. The lowest BCUT2D eigenvalue weighted by atomic mass is 9.92. The van der Waals surface area contributed by atoms with Gasteiger partial charge in [0.05, 0.1) is 4.91 Å². The minimum absolute atomic E-state index is 0.0101. The van der Waals surface area contributed by atoms with Crippen LogP contribution in [0.4, 0.5) is 0 Å². The number of primary amides is 1. The number of carbonyl (C=O) groups excluding carboxylic acids is 1. The van der Waals surface area contributed by atoms with Gasteiger partial charge in [0.1, 0.15) is 5.76 Å². The van der Waals surface area contributed by atoms with Crippen molar-refractivity contribution in [2.45, 2.75) is 45.4 Å². The third-order valence-corrected chi connectivity index (χ3v) is 6.91. The monoisotopic (exact) mass is 417 g/mol. The summed E-state index contributed by atoms with van der Waals surface area (Å²) in [5.74, 6) is 0.501. The van der Waals surface area contributed by atoms with E-state index in [-0.39, 0.29) is 11.8 Å². The highest BCUT2D eigenvalue weighted by Crippen LogP contribution is 2.45. The standard InChI is InChI=1S/C21H27N3O2S2/c1-4-5-6-16-17(18-9-11-23-28-18)13-19(27-20(16)21(22)25)26-15-8-7-14(2)24(3)12-10-15/h7-9,11,13,17H,4-6,10,12H2,1-3H3,(H2,22,25). The van der Waals surface area contributed by atoms with Gasteiger partial charge in [0.25, 0.3) is 5.91 Å². The van der Waals surface area contributed by atoms with Crippen LogP contribution in [0.1, 0.15) is 50.3 Å². The lowest BCUT2D eigenvalue weighted by molar-refractivity contribution is -0.114. The number of aromatic nitrogens is 1. The number of carbonyl (C=O) groups is 1. The quantitative estimate of drug-likeness (QED) is 0.684. The van der Waals surface area contributed by atoms with Crippen molar-refractivity contribution >= 4 is 29.2 Å². The van der Waals surface area contributed by atoms with Crippen molar-refractivity contribution in [3.8, 4) is 0 Å². The highest BCUT2D eigenvalue weighted by molar-refractivity contribution is 8.07. The molecule has 0 aliphatic carbocycles. The Labute approximate surface area is 175 Å². The van der Waals surface area contributed by atoms with Gasteiger partial charge in [0.15, 0.2) is 5.09 Å². The fourth-order valence-corrected chi connectivity index (χ4v) is 4.91. The summed E-state index contributed by atoms with van der Waals surface area (Å²) in [6, 6.07) is 2.01. The van der Waals surface area contributed by atoms with E-state index in [4.69, 9.17) is 10.5 Å². The molecule has 0 fully saturated rings. The molecule has 3 rings (SSSR count).